The summed E-state index contributed by atoms with van der Waals surface area (Å²) in [6.45, 7) is 3.16. The number of carbonyl (C=O) groups excluding carboxylic acids is 2. The Bertz CT molecular complexity index is 1070. The smallest absolute Gasteiger partial charge is 0.261 e. The van der Waals surface area contributed by atoms with Gasteiger partial charge in [-0.15, -0.1) is 11.3 Å². The minimum atomic E-state index is -1.80. The molecule has 164 valence electrons. The first-order valence-electron chi connectivity index (χ1n) is 10.2. The highest BCUT2D eigenvalue weighted by Gasteiger charge is 2.57. The lowest BCUT2D eigenvalue weighted by Crippen LogP contribution is -2.62. The second kappa shape index (κ2) is 7.13. The van der Waals surface area contributed by atoms with Gasteiger partial charge in [0.25, 0.3) is 5.91 Å². The van der Waals surface area contributed by atoms with Crippen LogP contribution in [0.25, 0.3) is 0 Å². The van der Waals surface area contributed by atoms with Crippen LogP contribution in [0, 0.1) is 0 Å². The minimum Gasteiger partial charge on any atom is -0.374 e. The topological polar surface area (TPSA) is 125 Å². The molecule has 31 heavy (non-hydrogen) atoms. The van der Waals surface area contributed by atoms with Gasteiger partial charge in [-0.1, -0.05) is 11.6 Å². The molecule has 2 aromatic heterocycles. The van der Waals surface area contributed by atoms with Crippen molar-refractivity contribution in [3.63, 3.8) is 0 Å². The maximum Gasteiger partial charge on any atom is 0.261 e. The first kappa shape index (κ1) is 20.6. The molecule has 4 N–H and O–H groups in total. The summed E-state index contributed by atoms with van der Waals surface area (Å²) in [5.41, 5.74) is 4.50. The van der Waals surface area contributed by atoms with Crippen molar-refractivity contribution in [2.24, 2.45) is 5.73 Å². The fourth-order valence-electron chi connectivity index (χ4n) is 4.59. The van der Waals surface area contributed by atoms with E-state index in [1.54, 1.807) is 17.0 Å². The third-order valence-corrected chi connectivity index (χ3v) is 7.97. The number of anilines is 2. The monoisotopic (exact) mass is 462 g/mol. The van der Waals surface area contributed by atoms with Crippen molar-refractivity contribution in [3.05, 3.63) is 33.2 Å². The van der Waals surface area contributed by atoms with Crippen LogP contribution in [0.2, 0.25) is 4.34 Å². The average molecular weight is 463 g/mol. The molecule has 1 spiro atoms. The molecule has 0 radical (unpaired) electrons. The Morgan fingerprint density at radius 3 is 2.84 bits per heavy atom. The van der Waals surface area contributed by atoms with Gasteiger partial charge in [0, 0.05) is 36.6 Å². The van der Waals surface area contributed by atoms with Gasteiger partial charge in [0.2, 0.25) is 5.91 Å². The number of carbonyl (C=O) groups is 2. The largest absolute Gasteiger partial charge is 0.374 e. The van der Waals surface area contributed by atoms with Gasteiger partial charge in [-0.2, -0.15) is 0 Å². The van der Waals surface area contributed by atoms with Crippen molar-refractivity contribution < 1.29 is 14.7 Å². The number of piperazine rings is 1. The highest BCUT2D eigenvalue weighted by Crippen LogP contribution is 2.48. The van der Waals surface area contributed by atoms with E-state index < -0.39 is 5.60 Å². The third-order valence-electron chi connectivity index (χ3n) is 6.58. The van der Waals surface area contributed by atoms with Gasteiger partial charge in [0.1, 0.15) is 18.0 Å². The van der Waals surface area contributed by atoms with Crippen molar-refractivity contribution in [1.82, 2.24) is 14.9 Å². The number of hydrogen-bond donors (Lipinski definition) is 3. The van der Waals surface area contributed by atoms with Crippen LogP contribution in [-0.2, 0) is 15.2 Å². The average Bonchev–Trinajstić information content (AvgIpc) is 3.26. The van der Waals surface area contributed by atoms with Gasteiger partial charge < -0.3 is 26.0 Å². The molecule has 1 saturated heterocycles. The van der Waals surface area contributed by atoms with Gasteiger partial charge in [-0.25, -0.2) is 9.97 Å². The van der Waals surface area contributed by atoms with Crippen LogP contribution in [0.5, 0.6) is 0 Å². The molecule has 2 fully saturated rings. The molecule has 2 amide bonds. The van der Waals surface area contributed by atoms with E-state index in [1.165, 1.54) is 17.7 Å². The van der Waals surface area contributed by atoms with Crippen LogP contribution in [0.4, 0.5) is 11.6 Å². The first-order chi connectivity index (χ1) is 14.8. The van der Waals surface area contributed by atoms with Crippen LogP contribution in [0.3, 0.4) is 0 Å². The van der Waals surface area contributed by atoms with E-state index in [9.17, 15) is 14.7 Å². The van der Waals surface area contributed by atoms with Crippen molar-refractivity contribution in [3.8, 4) is 0 Å². The zero-order chi connectivity index (χ0) is 22.0. The summed E-state index contributed by atoms with van der Waals surface area (Å²) in [5, 5.41) is 14.0. The molecule has 0 bridgehead atoms. The zero-order valence-electron chi connectivity index (χ0n) is 17.0. The number of thiophene rings is 1. The summed E-state index contributed by atoms with van der Waals surface area (Å²) in [6, 6.07) is 3.32. The van der Waals surface area contributed by atoms with E-state index in [0.29, 0.717) is 34.7 Å². The molecule has 1 unspecified atom stereocenters. The Kier molecular flexibility index (Phi) is 4.74. The third kappa shape index (κ3) is 3.12. The van der Waals surface area contributed by atoms with Crippen molar-refractivity contribution in [1.29, 1.82) is 0 Å². The van der Waals surface area contributed by atoms with Gasteiger partial charge in [-0.3, -0.25) is 9.59 Å². The Labute approximate surface area is 188 Å². The van der Waals surface area contributed by atoms with Crippen LogP contribution in [0.15, 0.2) is 18.5 Å². The normalized spacial score (nSPS) is 23.5. The number of hydrogen-bond acceptors (Lipinski definition) is 8. The molecule has 1 saturated carbocycles. The Hall–Kier alpha value is -2.27. The molecular formula is C20H23ClN6O3S. The summed E-state index contributed by atoms with van der Waals surface area (Å²) in [4.78, 5) is 38.7. The van der Waals surface area contributed by atoms with E-state index in [4.69, 9.17) is 17.3 Å². The maximum absolute atomic E-state index is 13.5. The fraction of sp³-hybridized carbons (Fsp3) is 0.500. The molecule has 0 aromatic carbocycles. The lowest BCUT2D eigenvalue weighted by molar-refractivity contribution is -0.155. The number of nitrogens with zero attached hydrogens (tertiary/aromatic N) is 4. The second-order valence-corrected chi connectivity index (χ2v) is 10.2. The van der Waals surface area contributed by atoms with Crippen LogP contribution in [-0.4, -0.2) is 63.5 Å². The Balaban J connectivity index is 1.42. The Morgan fingerprint density at radius 2 is 2.19 bits per heavy atom. The quantitative estimate of drug-likeness (QED) is 0.624. The lowest BCUT2D eigenvalue weighted by atomic mass is 9.97. The molecule has 9 nitrogen and oxygen atoms in total. The number of halogens is 1. The van der Waals surface area contributed by atoms with E-state index in [2.05, 4.69) is 20.2 Å². The van der Waals surface area contributed by atoms with Crippen LogP contribution < -0.4 is 16.0 Å². The molecule has 4 heterocycles. The summed E-state index contributed by atoms with van der Waals surface area (Å²) >= 11 is 7.20. The van der Waals surface area contributed by atoms with E-state index >= 15 is 0 Å². The number of rotatable bonds is 4. The van der Waals surface area contributed by atoms with Gasteiger partial charge in [0.05, 0.1) is 15.8 Å². The summed E-state index contributed by atoms with van der Waals surface area (Å²) in [7, 11) is 0. The molecule has 1 aliphatic carbocycles. The van der Waals surface area contributed by atoms with Gasteiger partial charge >= 0.3 is 0 Å². The SMILES string of the molecule is CC1C(=O)Nc2ncnc(N3CCN(C(=O)[C@](O)(CN)c4ccc(Cl)s4)C4(CC4)C3)c21. The van der Waals surface area contributed by atoms with Crippen LogP contribution >= 0.6 is 22.9 Å². The lowest BCUT2D eigenvalue weighted by Gasteiger charge is -2.45. The van der Waals surface area contributed by atoms with Gasteiger partial charge in [-0.05, 0) is 31.9 Å². The number of aliphatic hydroxyl groups is 1. The van der Waals surface area contributed by atoms with E-state index in [-0.39, 0.29) is 29.8 Å². The highest BCUT2D eigenvalue weighted by atomic mass is 35.5. The molecule has 5 rings (SSSR count). The highest BCUT2D eigenvalue weighted by molar-refractivity contribution is 7.16. The van der Waals surface area contributed by atoms with Crippen molar-refractivity contribution in [2.75, 3.05) is 36.4 Å². The molecule has 2 atom stereocenters. The van der Waals surface area contributed by atoms with Crippen LogP contribution in [0.1, 0.15) is 36.1 Å². The second-order valence-electron chi connectivity index (χ2n) is 8.44. The number of fused-ring (bicyclic) bond motifs is 1. The Morgan fingerprint density at radius 1 is 1.42 bits per heavy atom. The van der Waals surface area contributed by atoms with Crippen molar-refractivity contribution >= 4 is 46.4 Å². The fourth-order valence-corrected chi connectivity index (χ4v) is 5.73. The number of nitrogens with one attached hydrogen (secondary N) is 1. The van der Waals surface area contributed by atoms with E-state index in [0.717, 1.165) is 24.2 Å². The molecule has 11 heteroatoms. The molecule has 2 aromatic rings. The number of amides is 2. The predicted octanol–water partition coefficient (Wildman–Crippen LogP) is 1.27. The zero-order valence-corrected chi connectivity index (χ0v) is 18.5. The summed E-state index contributed by atoms with van der Waals surface area (Å²) in [5.74, 6) is 0.483. The standard InChI is InChI=1S/C20H23ClN6O3S/c1-11-14-15(25-17(11)28)23-10-24-16(14)26-6-7-27(19(9-26)4-5-19)18(29)20(30,8-22)12-2-3-13(21)31-12/h2-3,10-11,30H,4-9,22H2,1H3,(H,23,24,25,28)/t11?,20-/m0/s1. The first-order valence-corrected chi connectivity index (χ1v) is 11.4. The summed E-state index contributed by atoms with van der Waals surface area (Å²) < 4.78 is 0.496. The minimum absolute atomic E-state index is 0.0886. The predicted molar refractivity (Wildman–Crippen MR) is 117 cm³/mol. The molecule has 2 aliphatic heterocycles. The summed E-state index contributed by atoms with van der Waals surface area (Å²) in [6.07, 6.45) is 3.12. The maximum atomic E-state index is 13.5. The van der Waals surface area contributed by atoms with Gasteiger partial charge in [0.15, 0.2) is 5.60 Å². The van der Waals surface area contributed by atoms with Crippen molar-refractivity contribution in [2.45, 2.75) is 36.8 Å². The molecular weight excluding hydrogens is 440 g/mol. The van der Waals surface area contributed by atoms with E-state index in [1.807, 2.05) is 6.92 Å². The number of aromatic nitrogens is 2. The molecule has 3 aliphatic rings. The number of nitrogens with two attached hydrogens (primary N) is 1.